The summed E-state index contributed by atoms with van der Waals surface area (Å²) in [4.78, 5) is 3.53. The number of H-pyrrole nitrogens is 1. The number of aromatic nitrogens is 1. The van der Waals surface area contributed by atoms with Gasteiger partial charge < -0.3 is 30.5 Å². The molecular weight excluding hydrogens is 540 g/mol. The first-order valence-corrected chi connectivity index (χ1v) is 14.5. The molecule has 0 saturated heterocycles. The van der Waals surface area contributed by atoms with E-state index < -0.39 is 0 Å². The van der Waals surface area contributed by atoms with E-state index in [4.69, 9.17) is 0 Å². The quantitative estimate of drug-likeness (QED) is 0.0901. The molecule has 7 rings (SSSR count). The lowest BCUT2D eigenvalue weighted by Crippen LogP contribution is -2.32. The van der Waals surface area contributed by atoms with Crippen molar-refractivity contribution in [1.82, 2.24) is 4.98 Å². The number of hydrogen-bond donors (Lipinski definition) is 6. The summed E-state index contributed by atoms with van der Waals surface area (Å²) in [5.41, 5.74) is 7.16. The number of fused-ring (bicyclic) bond motifs is 6. The first-order chi connectivity index (χ1) is 20.0. The van der Waals surface area contributed by atoms with Crippen LogP contribution in [-0.4, -0.2) is 69.7 Å². The van der Waals surface area contributed by atoms with Crippen LogP contribution in [-0.2, 0) is 0 Å². The Morgan fingerprint density at radius 1 is 0.452 bits per heavy atom. The molecule has 0 spiro atoms. The highest BCUT2D eigenvalue weighted by molar-refractivity contribution is 7.25. The van der Waals surface area contributed by atoms with E-state index in [1.807, 2.05) is 46.0 Å². The molecule has 0 atom stereocenters. The van der Waals surface area contributed by atoms with Crippen molar-refractivity contribution >= 4 is 120 Å². The first-order valence-electron chi connectivity index (χ1n) is 13.7. The maximum atomic E-state index is 11.0. The number of aromatic amines is 1. The molecular formula is C30H24B5NO5S. The summed E-state index contributed by atoms with van der Waals surface area (Å²) in [5.74, 6) is -0.230. The van der Waals surface area contributed by atoms with Crippen molar-refractivity contribution in [2.24, 2.45) is 0 Å². The van der Waals surface area contributed by atoms with Crippen LogP contribution in [0.3, 0.4) is 0 Å². The zero-order valence-electron chi connectivity index (χ0n) is 23.8. The van der Waals surface area contributed by atoms with Crippen LogP contribution in [0.1, 0.15) is 0 Å². The van der Waals surface area contributed by atoms with E-state index >= 15 is 0 Å². The van der Waals surface area contributed by atoms with Crippen LogP contribution in [0.5, 0.6) is 28.7 Å². The Labute approximate surface area is 249 Å². The van der Waals surface area contributed by atoms with E-state index in [9.17, 15) is 25.5 Å². The van der Waals surface area contributed by atoms with E-state index in [1.54, 1.807) is 34.9 Å². The van der Waals surface area contributed by atoms with Crippen molar-refractivity contribution in [3.05, 3.63) is 48.5 Å². The minimum atomic E-state index is -0.332. The van der Waals surface area contributed by atoms with Crippen LogP contribution in [0.4, 0.5) is 0 Å². The van der Waals surface area contributed by atoms with Crippen LogP contribution in [0.2, 0.25) is 0 Å². The van der Waals surface area contributed by atoms with Crippen molar-refractivity contribution in [2.75, 3.05) is 0 Å². The Morgan fingerprint density at radius 2 is 1.00 bits per heavy atom. The van der Waals surface area contributed by atoms with Gasteiger partial charge in [0, 0.05) is 47.5 Å². The summed E-state index contributed by atoms with van der Waals surface area (Å²) in [7, 11) is 8.82. The fourth-order valence-corrected chi connectivity index (χ4v) is 7.29. The van der Waals surface area contributed by atoms with Gasteiger partial charge in [0.2, 0.25) is 0 Å². The number of thiophene rings is 1. The maximum absolute atomic E-state index is 11.0. The molecule has 0 aliphatic heterocycles. The second-order valence-electron chi connectivity index (χ2n) is 11.2. The molecule has 0 aliphatic carbocycles. The summed E-state index contributed by atoms with van der Waals surface area (Å²) in [6.45, 7) is 0. The minimum absolute atomic E-state index is 0.0474. The smallest absolute Gasteiger partial charge is 0.168 e. The van der Waals surface area contributed by atoms with E-state index in [0.29, 0.717) is 38.4 Å². The van der Waals surface area contributed by atoms with Gasteiger partial charge in [0.1, 0.15) is 56.5 Å². The summed E-state index contributed by atoms with van der Waals surface area (Å²) in [6, 6.07) is 16.1. The van der Waals surface area contributed by atoms with Crippen LogP contribution in [0.25, 0.3) is 64.2 Å². The summed E-state index contributed by atoms with van der Waals surface area (Å²) < 4.78 is 2.14. The molecule has 200 valence electrons. The third kappa shape index (κ3) is 3.51. The third-order valence-electron chi connectivity index (χ3n) is 8.98. The Hall–Kier alpha value is -4.56. The SMILES string of the molecule is Bc1c(B)c(O)c(-c2ccc3[nH]c4cc5c(cc4c3c2)sc2ccc(-c3c(O)c(B)c(B)c(O)c3O)cc25)c(B)c1O. The number of benzene rings is 5. The molecule has 2 heterocycles. The standard InChI is InChI=1S/C30H24B5NO5S/c31-21-19(26(37)22(32)24(34)29(21)40)9-1-3-15-11(5-9)12-8-18-14(7-16(12)36-15)13-6-10(2-4-17(13)42-18)20-27(38)23(33)25(35)30(41)28(20)39/h1-8,36-41H,31-35H2. The van der Waals surface area contributed by atoms with Gasteiger partial charge in [-0.2, -0.15) is 0 Å². The summed E-state index contributed by atoms with van der Waals surface area (Å²) in [6.07, 6.45) is 0. The number of phenolic OH excluding ortho intramolecular Hbond substituents is 5. The van der Waals surface area contributed by atoms with E-state index in [0.717, 1.165) is 47.5 Å². The van der Waals surface area contributed by atoms with Gasteiger partial charge in [-0.1, -0.05) is 23.1 Å². The van der Waals surface area contributed by atoms with Gasteiger partial charge in [0.25, 0.3) is 0 Å². The highest BCUT2D eigenvalue weighted by atomic mass is 32.1. The fourth-order valence-electron chi connectivity index (χ4n) is 6.18. The van der Waals surface area contributed by atoms with Gasteiger partial charge in [0.15, 0.2) is 11.5 Å². The Balaban J connectivity index is 1.44. The lowest BCUT2D eigenvalue weighted by molar-refractivity contribution is 0.403. The highest BCUT2D eigenvalue weighted by Crippen LogP contribution is 2.44. The highest BCUT2D eigenvalue weighted by Gasteiger charge is 2.22. The predicted octanol–water partition coefficient (Wildman–Crippen LogP) is -1.16. The zero-order valence-corrected chi connectivity index (χ0v) is 24.6. The molecule has 0 amide bonds. The number of nitrogens with one attached hydrogen (secondary N) is 1. The third-order valence-corrected chi connectivity index (χ3v) is 10.1. The number of rotatable bonds is 2. The molecule has 42 heavy (non-hydrogen) atoms. The van der Waals surface area contributed by atoms with Crippen molar-refractivity contribution in [1.29, 1.82) is 0 Å². The molecule has 0 aliphatic rings. The molecule has 6 nitrogen and oxygen atoms in total. The number of hydrogen-bond acceptors (Lipinski definition) is 6. The predicted molar refractivity (Wildman–Crippen MR) is 189 cm³/mol. The Morgan fingerprint density at radius 3 is 1.74 bits per heavy atom. The lowest BCUT2D eigenvalue weighted by atomic mass is 9.72. The molecule has 0 fully saturated rings. The van der Waals surface area contributed by atoms with Gasteiger partial charge in [0.05, 0.1) is 5.56 Å². The molecule has 0 saturated carbocycles. The summed E-state index contributed by atoms with van der Waals surface area (Å²) in [5, 5.41) is 57.9. The lowest BCUT2D eigenvalue weighted by Gasteiger charge is -2.17. The monoisotopic (exact) mass is 565 g/mol. The average Bonchev–Trinajstić information content (AvgIpc) is 3.52. The van der Waals surface area contributed by atoms with Gasteiger partial charge in [-0.25, -0.2) is 0 Å². The first kappa shape index (κ1) is 26.4. The van der Waals surface area contributed by atoms with Gasteiger partial charge in [-0.15, -0.1) is 11.3 Å². The van der Waals surface area contributed by atoms with Crippen LogP contribution in [0.15, 0.2) is 48.5 Å². The molecule has 6 N–H and O–H groups in total. The zero-order chi connectivity index (χ0) is 29.8. The fraction of sp³-hybridized carbons (Fsp3) is 0. The molecule has 12 heteroatoms. The van der Waals surface area contributed by atoms with E-state index in [2.05, 4.69) is 23.2 Å². The van der Waals surface area contributed by atoms with Crippen LogP contribution in [0, 0.1) is 0 Å². The van der Waals surface area contributed by atoms with Crippen molar-refractivity contribution in [3.8, 4) is 51.0 Å². The Bertz CT molecular complexity index is 2110. The second kappa shape index (κ2) is 8.97. The van der Waals surface area contributed by atoms with Gasteiger partial charge in [-0.3, -0.25) is 0 Å². The minimum Gasteiger partial charge on any atom is -0.509 e. The molecule has 0 radical (unpaired) electrons. The molecule has 0 unspecified atom stereocenters. The van der Waals surface area contributed by atoms with Crippen LogP contribution >= 0.6 is 11.3 Å². The summed E-state index contributed by atoms with van der Waals surface area (Å²) >= 11 is 1.66. The topological polar surface area (TPSA) is 117 Å². The van der Waals surface area contributed by atoms with Crippen molar-refractivity contribution in [2.45, 2.75) is 0 Å². The number of phenols is 5. The van der Waals surface area contributed by atoms with Crippen LogP contribution < -0.4 is 27.3 Å². The maximum Gasteiger partial charge on any atom is 0.168 e. The molecule has 5 aromatic carbocycles. The normalized spacial score (nSPS) is 11.8. The van der Waals surface area contributed by atoms with Crippen molar-refractivity contribution in [3.63, 3.8) is 0 Å². The molecule has 7 aromatic rings. The van der Waals surface area contributed by atoms with Gasteiger partial charge >= 0.3 is 0 Å². The van der Waals surface area contributed by atoms with E-state index in [1.165, 1.54) is 0 Å². The molecule has 0 bridgehead atoms. The van der Waals surface area contributed by atoms with Crippen molar-refractivity contribution < 1.29 is 25.5 Å². The van der Waals surface area contributed by atoms with Gasteiger partial charge in [-0.05, 0) is 63.9 Å². The average molecular weight is 565 g/mol. The number of aromatic hydroxyl groups is 5. The largest absolute Gasteiger partial charge is 0.509 e. The Kier molecular flexibility index (Phi) is 5.63. The molecule has 2 aromatic heterocycles. The van der Waals surface area contributed by atoms with E-state index in [-0.39, 0.29) is 34.3 Å². The second-order valence-corrected chi connectivity index (χ2v) is 12.3.